The summed E-state index contributed by atoms with van der Waals surface area (Å²) in [7, 11) is 0. The number of nitrogens with zero attached hydrogens (tertiary/aromatic N) is 2. The predicted octanol–water partition coefficient (Wildman–Crippen LogP) is 2.35. The van der Waals surface area contributed by atoms with Crippen molar-refractivity contribution < 1.29 is 8.76 Å². The molecule has 0 bridgehead atoms. The lowest BCUT2D eigenvalue weighted by Crippen LogP contribution is -1.92. The van der Waals surface area contributed by atoms with Gasteiger partial charge in [0.05, 0.1) is 5.75 Å². The highest BCUT2D eigenvalue weighted by Gasteiger charge is 2.05. The summed E-state index contributed by atoms with van der Waals surface area (Å²) in [6.45, 7) is 0. The van der Waals surface area contributed by atoms with Crippen molar-refractivity contribution in [1.29, 1.82) is 0 Å². The number of nitrogens with one attached hydrogen (secondary N) is 1. The maximum atomic E-state index is 10.7. The van der Waals surface area contributed by atoms with Crippen molar-refractivity contribution in [2.24, 2.45) is 0 Å². The van der Waals surface area contributed by atoms with Crippen LogP contribution in [0, 0.1) is 0 Å². The molecular weight excluding hydrogens is 262 g/mol. The Balaban J connectivity index is 1.95. The van der Waals surface area contributed by atoms with E-state index in [-0.39, 0.29) is 5.75 Å². The summed E-state index contributed by atoms with van der Waals surface area (Å²) in [6.07, 6.45) is 3.29. The van der Waals surface area contributed by atoms with Crippen LogP contribution in [-0.4, -0.2) is 23.7 Å². The predicted molar refractivity (Wildman–Crippen MR) is 73.8 cm³/mol. The first-order chi connectivity index (χ1) is 9.22. The molecule has 96 valence electrons. The molecule has 0 amide bonds. The Labute approximate surface area is 112 Å². The van der Waals surface area contributed by atoms with Crippen molar-refractivity contribution in [3.05, 3.63) is 48.3 Å². The molecule has 5 nitrogen and oxygen atoms in total. The van der Waals surface area contributed by atoms with E-state index in [1.165, 1.54) is 0 Å². The van der Waals surface area contributed by atoms with Crippen LogP contribution in [0.25, 0.3) is 22.4 Å². The molecule has 0 saturated carbocycles. The minimum atomic E-state index is -1.81. The van der Waals surface area contributed by atoms with Crippen LogP contribution in [0.15, 0.2) is 42.7 Å². The molecule has 1 unspecified atom stereocenters. The lowest BCUT2D eigenvalue weighted by atomic mass is 10.1. The zero-order valence-electron chi connectivity index (χ0n) is 9.91. The highest BCUT2D eigenvalue weighted by Crippen LogP contribution is 2.22. The van der Waals surface area contributed by atoms with Gasteiger partial charge in [0.1, 0.15) is 5.52 Å². The summed E-state index contributed by atoms with van der Waals surface area (Å²) in [5.74, 6) is 0.149. The number of hydrogen-bond donors (Lipinski definition) is 2. The van der Waals surface area contributed by atoms with Crippen molar-refractivity contribution in [3.63, 3.8) is 0 Å². The Bertz CT molecular complexity index is 704. The fraction of sp³-hybridized carbons (Fsp3) is 0.0769. The van der Waals surface area contributed by atoms with Crippen LogP contribution < -0.4 is 0 Å². The first kappa shape index (κ1) is 12.0. The van der Waals surface area contributed by atoms with Gasteiger partial charge in [0.2, 0.25) is 0 Å². The summed E-state index contributed by atoms with van der Waals surface area (Å²) < 4.78 is 19.6. The molecule has 0 radical (unpaired) electrons. The van der Waals surface area contributed by atoms with Crippen molar-refractivity contribution in [1.82, 2.24) is 15.0 Å². The summed E-state index contributed by atoms with van der Waals surface area (Å²) in [6, 6.07) is 9.44. The number of hydrogen-bond acceptors (Lipinski definition) is 3. The smallest absolute Gasteiger partial charge is 0.157 e. The number of H-pyrrole nitrogens is 1. The summed E-state index contributed by atoms with van der Waals surface area (Å²) in [5.41, 5.74) is 4.32. The van der Waals surface area contributed by atoms with Crippen LogP contribution in [0.2, 0.25) is 0 Å². The average molecular weight is 273 g/mol. The maximum absolute atomic E-state index is 10.7. The fourth-order valence-corrected chi connectivity index (χ4v) is 2.41. The Morgan fingerprint density at radius 2 is 1.89 bits per heavy atom. The van der Waals surface area contributed by atoms with Crippen LogP contribution >= 0.6 is 0 Å². The van der Waals surface area contributed by atoms with Crippen LogP contribution in [0.4, 0.5) is 0 Å². The number of fused-ring (bicyclic) bond motifs is 1. The summed E-state index contributed by atoms with van der Waals surface area (Å²) in [5, 5.41) is 0. The molecule has 0 spiro atoms. The normalized spacial score (nSPS) is 12.7. The standard InChI is InChI=1S/C13H11N3O2S/c17-19(18)8-9-1-3-10(4-2-9)11-7-12-13(16-11)15-6-5-14-12/h1-7H,8H2,(H,15,16)(H,17,18). The highest BCUT2D eigenvalue weighted by molar-refractivity contribution is 7.78. The van der Waals surface area contributed by atoms with E-state index in [1.54, 1.807) is 12.4 Å². The molecule has 0 fully saturated rings. The summed E-state index contributed by atoms with van der Waals surface area (Å²) >= 11 is -1.81. The van der Waals surface area contributed by atoms with Crippen LogP contribution in [0.1, 0.15) is 5.56 Å². The fourth-order valence-electron chi connectivity index (χ4n) is 1.93. The molecule has 1 aromatic carbocycles. The van der Waals surface area contributed by atoms with E-state index in [4.69, 9.17) is 4.55 Å². The molecule has 3 aromatic rings. The topological polar surface area (TPSA) is 78.9 Å². The van der Waals surface area contributed by atoms with Gasteiger partial charge in [-0.3, -0.25) is 4.98 Å². The molecule has 0 saturated heterocycles. The number of aromatic amines is 1. The molecule has 2 N–H and O–H groups in total. The monoisotopic (exact) mass is 273 g/mol. The van der Waals surface area contributed by atoms with Gasteiger partial charge in [0, 0.05) is 18.1 Å². The molecule has 2 heterocycles. The number of aromatic nitrogens is 3. The van der Waals surface area contributed by atoms with Gasteiger partial charge in [-0.05, 0) is 17.2 Å². The Morgan fingerprint density at radius 1 is 1.16 bits per heavy atom. The van der Waals surface area contributed by atoms with E-state index in [1.807, 2.05) is 30.3 Å². The SMILES string of the molecule is O=S(O)Cc1ccc(-c2cc3nccnc3[nH]2)cc1. The lowest BCUT2D eigenvalue weighted by molar-refractivity contribution is 0.563. The largest absolute Gasteiger partial charge is 0.338 e. The van der Waals surface area contributed by atoms with Crippen LogP contribution in [0.5, 0.6) is 0 Å². The molecule has 6 heteroatoms. The van der Waals surface area contributed by atoms with E-state index < -0.39 is 11.1 Å². The second kappa shape index (κ2) is 4.91. The van der Waals surface area contributed by atoms with Gasteiger partial charge in [-0.2, -0.15) is 0 Å². The van der Waals surface area contributed by atoms with Crippen molar-refractivity contribution in [2.45, 2.75) is 5.75 Å². The third-order valence-electron chi connectivity index (χ3n) is 2.82. The van der Waals surface area contributed by atoms with Gasteiger partial charge in [0.25, 0.3) is 0 Å². The Kier molecular flexibility index (Phi) is 3.10. The number of benzene rings is 1. The van der Waals surface area contributed by atoms with Gasteiger partial charge in [0.15, 0.2) is 16.7 Å². The van der Waals surface area contributed by atoms with E-state index >= 15 is 0 Å². The van der Waals surface area contributed by atoms with E-state index in [0.29, 0.717) is 0 Å². The van der Waals surface area contributed by atoms with E-state index in [2.05, 4.69) is 15.0 Å². The van der Waals surface area contributed by atoms with Crippen molar-refractivity contribution in [3.8, 4) is 11.3 Å². The van der Waals surface area contributed by atoms with Crippen LogP contribution in [0.3, 0.4) is 0 Å². The quantitative estimate of drug-likeness (QED) is 0.718. The van der Waals surface area contributed by atoms with Gasteiger partial charge in [-0.25, -0.2) is 9.19 Å². The molecule has 0 aliphatic rings. The minimum Gasteiger partial charge on any atom is -0.338 e. The molecule has 0 aliphatic carbocycles. The third kappa shape index (κ3) is 2.54. The third-order valence-corrected chi connectivity index (χ3v) is 3.40. The highest BCUT2D eigenvalue weighted by atomic mass is 32.2. The maximum Gasteiger partial charge on any atom is 0.157 e. The van der Waals surface area contributed by atoms with Gasteiger partial charge >= 0.3 is 0 Å². The van der Waals surface area contributed by atoms with E-state index in [0.717, 1.165) is 28.0 Å². The van der Waals surface area contributed by atoms with Gasteiger partial charge < -0.3 is 9.54 Å². The molecule has 2 aromatic heterocycles. The Hall–Kier alpha value is -2.05. The molecular formula is C13H11N3O2S. The average Bonchev–Trinajstić information content (AvgIpc) is 2.82. The lowest BCUT2D eigenvalue weighted by Gasteiger charge is -2.00. The van der Waals surface area contributed by atoms with Crippen molar-refractivity contribution >= 4 is 22.2 Å². The van der Waals surface area contributed by atoms with Crippen LogP contribution in [-0.2, 0) is 16.8 Å². The Morgan fingerprint density at radius 3 is 2.58 bits per heavy atom. The van der Waals surface area contributed by atoms with E-state index in [9.17, 15) is 4.21 Å². The first-order valence-electron chi connectivity index (χ1n) is 5.69. The van der Waals surface area contributed by atoms with Crippen molar-refractivity contribution in [2.75, 3.05) is 0 Å². The second-order valence-corrected chi connectivity index (χ2v) is 5.07. The zero-order chi connectivity index (χ0) is 13.2. The minimum absolute atomic E-state index is 0.149. The molecule has 3 rings (SSSR count). The summed E-state index contributed by atoms with van der Waals surface area (Å²) in [4.78, 5) is 11.6. The number of rotatable bonds is 3. The molecule has 19 heavy (non-hydrogen) atoms. The second-order valence-electron chi connectivity index (χ2n) is 4.14. The van der Waals surface area contributed by atoms with Gasteiger partial charge in [-0.15, -0.1) is 0 Å². The molecule has 0 aliphatic heterocycles. The molecule has 1 atom stereocenters. The van der Waals surface area contributed by atoms with Gasteiger partial charge in [-0.1, -0.05) is 24.3 Å². The zero-order valence-corrected chi connectivity index (χ0v) is 10.7. The first-order valence-corrected chi connectivity index (χ1v) is 6.96.